The van der Waals surface area contributed by atoms with E-state index in [4.69, 9.17) is 4.74 Å². The molecule has 1 atom stereocenters. The minimum atomic E-state index is -0.0989. The summed E-state index contributed by atoms with van der Waals surface area (Å²) in [7, 11) is 0. The summed E-state index contributed by atoms with van der Waals surface area (Å²) in [5.41, 5.74) is 1.17. The van der Waals surface area contributed by atoms with E-state index >= 15 is 0 Å². The number of nitrogens with zero attached hydrogens (tertiary/aromatic N) is 1. The standard InChI is InChI=1S/C15H25NO/c1-14(2,3)12(11-17-15(4,5)6)13-9-7-8-10-16-13/h7-10,12H,11H2,1-6H3. The number of hydrogen-bond donors (Lipinski definition) is 0. The van der Waals surface area contributed by atoms with Crippen molar-refractivity contribution in [1.82, 2.24) is 4.98 Å². The van der Waals surface area contributed by atoms with Crippen LogP contribution in [0.25, 0.3) is 0 Å². The molecule has 0 aliphatic carbocycles. The molecule has 0 saturated carbocycles. The highest BCUT2D eigenvalue weighted by molar-refractivity contribution is 5.12. The summed E-state index contributed by atoms with van der Waals surface area (Å²) < 4.78 is 5.93. The first-order valence-corrected chi connectivity index (χ1v) is 6.25. The summed E-state index contributed by atoms with van der Waals surface area (Å²) in [4.78, 5) is 4.47. The van der Waals surface area contributed by atoms with Crippen molar-refractivity contribution in [2.75, 3.05) is 6.61 Å². The summed E-state index contributed by atoms with van der Waals surface area (Å²) in [5.74, 6) is 0.322. The van der Waals surface area contributed by atoms with Crippen LogP contribution in [0.1, 0.15) is 53.2 Å². The van der Waals surface area contributed by atoms with Gasteiger partial charge in [0.1, 0.15) is 0 Å². The first-order chi connectivity index (χ1) is 7.70. The van der Waals surface area contributed by atoms with Crippen molar-refractivity contribution in [3.8, 4) is 0 Å². The van der Waals surface area contributed by atoms with Crippen molar-refractivity contribution in [3.63, 3.8) is 0 Å². The lowest BCUT2D eigenvalue weighted by atomic mass is 9.79. The minimum Gasteiger partial charge on any atom is -0.375 e. The molecule has 0 N–H and O–H groups in total. The van der Waals surface area contributed by atoms with Gasteiger partial charge in [0.25, 0.3) is 0 Å². The van der Waals surface area contributed by atoms with Gasteiger partial charge < -0.3 is 4.74 Å². The van der Waals surface area contributed by atoms with E-state index in [-0.39, 0.29) is 11.0 Å². The zero-order chi connectivity index (χ0) is 13.1. The van der Waals surface area contributed by atoms with Gasteiger partial charge in [-0.05, 0) is 38.3 Å². The van der Waals surface area contributed by atoms with Crippen LogP contribution >= 0.6 is 0 Å². The van der Waals surface area contributed by atoms with E-state index in [0.29, 0.717) is 12.5 Å². The lowest BCUT2D eigenvalue weighted by Crippen LogP contribution is -2.29. The average molecular weight is 235 g/mol. The molecule has 1 aromatic rings. The zero-order valence-electron chi connectivity index (χ0n) is 11.9. The first-order valence-electron chi connectivity index (χ1n) is 6.25. The topological polar surface area (TPSA) is 22.1 Å². The average Bonchev–Trinajstić information content (AvgIpc) is 2.15. The second kappa shape index (κ2) is 5.18. The second-order valence-electron chi connectivity index (χ2n) is 6.60. The van der Waals surface area contributed by atoms with Gasteiger partial charge >= 0.3 is 0 Å². The summed E-state index contributed by atoms with van der Waals surface area (Å²) in [6, 6.07) is 6.08. The maximum Gasteiger partial charge on any atom is 0.0598 e. The minimum absolute atomic E-state index is 0.0989. The molecule has 0 aromatic carbocycles. The third-order valence-electron chi connectivity index (χ3n) is 2.77. The molecule has 0 bridgehead atoms. The molecule has 17 heavy (non-hydrogen) atoms. The molecule has 0 aliphatic heterocycles. The SMILES string of the molecule is CC(C)(C)OCC(c1ccccn1)C(C)(C)C. The molecule has 1 heterocycles. The predicted octanol–water partition coefficient (Wildman–Crippen LogP) is 4.03. The highest BCUT2D eigenvalue weighted by Gasteiger charge is 2.29. The van der Waals surface area contributed by atoms with Crippen LogP contribution in [0, 0.1) is 5.41 Å². The number of pyridine rings is 1. The fourth-order valence-electron chi connectivity index (χ4n) is 1.69. The number of aromatic nitrogens is 1. The largest absolute Gasteiger partial charge is 0.375 e. The molecule has 0 amide bonds. The molecule has 0 aliphatic rings. The Morgan fingerprint density at radius 1 is 1.12 bits per heavy atom. The molecule has 0 spiro atoms. The van der Waals surface area contributed by atoms with E-state index in [1.54, 1.807) is 0 Å². The molecule has 2 heteroatoms. The van der Waals surface area contributed by atoms with Crippen molar-refractivity contribution in [2.24, 2.45) is 5.41 Å². The molecule has 2 nitrogen and oxygen atoms in total. The molecule has 96 valence electrons. The van der Waals surface area contributed by atoms with Gasteiger partial charge in [-0.15, -0.1) is 0 Å². The Morgan fingerprint density at radius 3 is 2.18 bits per heavy atom. The maximum absolute atomic E-state index is 5.93. The summed E-state index contributed by atoms with van der Waals surface area (Å²) in [6.45, 7) is 13.7. The molecule has 1 unspecified atom stereocenters. The zero-order valence-corrected chi connectivity index (χ0v) is 11.9. The van der Waals surface area contributed by atoms with Gasteiger partial charge in [-0.1, -0.05) is 26.8 Å². The van der Waals surface area contributed by atoms with Gasteiger partial charge in [-0.2, -0.15) is 0 Å². The van der Waals surface area contributed by atoms with Crippen LogP contribution in [0.3, 0.4) is 0 Å². The summed E-state index contributed by atoms with van der Waals surface area (Å²) in [6.07, 6.45) is 1.85. The van der Waals surface area contributed by atoms with Crippen molar-refractivity contribution in [3.05, 3.63) is 30.1 Å². The van der Waals surface area contributed by atoms with E-state index in [2.05, 4.69) is 52.6 Å². The molecule has 1 rings (SSSR count). The van der Waals surface area contributed by atoms with Gasteiger partial charge in [0.2, 0.25) is 0 Å². The Kier molecular flexibility index (Phi) is 4.31. The van der Waals surface area contributed by atoms with Crippen LogP contribution < -0.4 is 0 Å². The van der Waals surface area contributed by atoms with Gasteiger partial charge in [0.15, 0.2) is 0 Å². The lowest BCUT2D eigenvalue weighted by molar-refractivity contribution is -0.0248. The van der Waals surface area contributed by atoms with E-state index in [1.807, 2.05) is 18.3 Å². The van der Waals surface area contributed by atoms with Gasteiger partial charge in [-0.25, -0.2) is 0 Å². The van der Waals surface area contributed by atoms with Crippen molar-refractivity contribution in [1.29, 1.82) is 0 Å². The van der Waals surface area contributed by atoms with Crippen molar-refractivity contribution in [2.45, 2.75) is 53.1 Å². The maximum atomic E-state index is 5.93. The van der Waals surface area contributed by atoms with Crippen LogP contribution in [0.15, 0.2) is 24.4 Å². The Hall–Kier alpha value is -0.890. The summed E-state index contributed by atoms with van der Waals surface area (Å²) >= 11 is 0. The highest BCUT2D eigenvalue weighted by atomic mass is 16.5. The molecule has 0 fully saturated rings. The number of rotatable bonds is 3. The Balaban J connectivity index is 2.83. The third-order valence-corrected chi connectivity index (χ3v) is 2.77. The highest BCUT2D eigenvalue weighted by Crippen LogP contribution is 2.34. The Morgan fingerprint density at radius 2 is 1.76 bits per heavy atom. The number of hydrogen-bond acceptors (Lipinski definition) is 2. The van der Waals surface area contributed by atoms with Crippen LogP contribution in [-0.2, 0) is 4.74 Å². The predicted molar refractivity (Wildman–Crippen MR) is 72.1 cm³/mol. The number of ether oxygens (including phenoxy) is 1. The van der Waals surface area contributed by atoms with E-state index in [0.717, 1.165) is 5.69 Å². The first kappa shape index (κ1) is 14.2. The third kappa shape index (κ3) is 4.86. The fraction of sp³-hybridized carbons (Fsp3) is 0.667. The Bertz CT molecular complexity index is 332. The molecule has 1 aromatic heterocycles. The monoisotopic (exact) mass is 235 g/mol. The van der Waals surface area contributed by atoms with Crippen LogP contribution in [0.2, 0.25) is 0 Å². The normalized spacial score (nSPS) is 14.7. The van der Waals surface area contributed by atoms with Gasteiger partial charge in [0, 0.05) is 17.8 Å². The second-order valence-corrected chi connectivity index (χ2v) is 6.60. The molecular weight excluding hydrogens is 210 g/mol. The molecule has 0 saturated heterocycles. The molecule has 0 radical (unpaired) electrons. The summed E-state index contributed by atoms with van der Waals surface area (Å²) in [5, 5.41) is 0. The smallest absolute Gasteiger partial charge is 0.0598 e. The van der Waals surface area contributed by atoms with Crippen LogP contribution in [0.4, 0.5) is 0 Å². The van der Waals surface area contributed by atoms with Gasteiger partial charge in [0.05, 0.1) is 12.2 Å². The van der Waals surface area contributed by atoms with Crippen molar-refractivity contribution < 1.29 is 4.74 Å². The van der Waals surface area contributed by atoms with Crippen LogP contribution in [-0.4, -0.2) is 17.2 Å². The van der Waals surface area contributed by atoms with E-state index in [9.17, 15) is 0 Å². The van der Waals surface area contributed by atoms with Crippen molar-refractivity contribution >= 4 is 0 Å². The van der Waals surface area contributed by atoms with Gasteiger partial charge in [-0.3, -0.25) is 4.98 Å². The van der Waals surface area contributed by atoms with Crippen LogP contribution in [0.5, 0.6) is 0 Å². The van der Waals surface area contributed by atoms with E-state index < -0.39 is 0 Å². The quantitative estimate of drug-likeness (QED) is 0.789. The lowest BCUT2D eigenvalue weighted by Gasteiger charge is -2.32. The fourth-order valence-corrected chi connectivity index (χ4v) is 1.69. The Labute approximate surface area is 105 Å². The molecular formula is C15H25NO. The van der Waals surface area contributed by atoms with E-state index in [1.165, 1.54) is 0 Å².